The number of rotatable bonds is 3. The molecule has 0 N–H and O–H groups in total. The maximum atomic E-state index is 5.28. The molecule has 0 radical (unpaired) electrons. The lowest BCUT2D eigenvalue weighted by Gasteiger charge is -2.04. The largest absolute Gasteiger partial charge is 0.494 e. The Balaban J connectivity index is 2.26. The van der Waals surface area contributed by atoms with Gasteiger partial charge in [0, 0.05) is 13.2 Å². The molecule has 1 heterocycles. The van der Waals surface area contributed by atoms with Crippen LogP contribution in [0.4, 0.5) is 5.69 Å². The van der Waals surface area contributed by atoms with Gasteiger partial charge in [-0.1, -0.05) is 6.07 Å². The highest BCUT2D eigenvalue weighted by Crippen LogP contribution is 2.27. The smallest absolute Gasteiger partial charge is 0.144 e. The van der Waals surface area contributed by atoms with E-state index in [1.54, 1.807) is 19.7 Å². The third kappa shape index (κ3) is 2.72. The van der Waals surface area contributed by atoms with Crippen molar-refractivity contribution in [3.63, 3.8) is 0 Å². The summed E-state index contributed by atoms with van der Waals surface area (Å²) in [4.78, 5) is 8.55. The van der Waals surface area contributed by atoms with Crippen molar-refractivity contribution in [1.82, 2.24) is 9.55 Å². The Bertz CT molecular complexity index is 543. The molecule has 1 aromatic carbocycles. The number of benzene rings is 1. The summed E-state index contributed by atoms with van der Waals surface area (Å²) in [6, 6.07) is 5.91. The molecule has 0 amide bonds. The summed E-state index contributed by atoms with van der Waals surface area (Å²) >= 11 is 0. The fraction of sp³-hybridized carbons (Fsp3) is 0.231. The molecule has 0 fully saturated rings. The van der Waals surface area contributed by atoms with Crippen LogP contribution in [0.1, 0.15) is 11.3 Å². The van der Waals surface area contributed by atoms with Gasteiger partial charge in [-0.2, -0.15) is 0 Å². The molecule has 17 heavy (non-hydrogen) atoms. The number of imidazole rings is 1. The number of aryl methyl sites for hydroxylation is 2. The number of aliphatic imine (C=N–C) groups is 1. The molecule has 0 aliphatic heterocycles. The number of nitrogens with zero attached hydrogens (tertiary/aromatic N) is 3. The van der Waals surface area contributed by atoms with Gasteiger partial charge in [0.25, 0.3) is 0 Å². The lowest BCUT2D eigenvalue weighted by atomic mass is 10.2. The number of hydrogen-bond acceptors (Lipinski definition) is 3. The third-order valence-corrected chi connectivity index (χ3v) is 2.40. The molecule has 0 aliphatic rings. The maximum Gasteiger partial charge on any atom is 0.144 e. The van der Waals surface area contributed by atoms with Gasteiger partial charge in [-0.25, -0.2) is 4.98 Å². The van der Waals surface area contributed by atoms with E-state index in [2.05, 4.69) is 9.98 Å². The zero-order valence-corrected chi connectivity index (χ0v) is 10.2. The molecule has 1 aromatic heterocycles. The van der Waals surface area contributed by atoms with Gasteiger partial charge in [0.2, 0.25) is 0 Å². The van der Waals surface area contributed by atoms with E-state index in [4.69, 9.17) is 4.74 Å². The molecular weight excluding hydrogens is 214 g/mol. The minimum Gasteiger partial charge on any atom is -0.494 e. The average molecular weight is 229 g/mol. The second kappa shape index (κ2) is 4.82. The second-order valence-electron chi connectivity index (χ2n) is 3.90. The molecule has 0 saturated carbocycles. The summed E-state index contributed by atoms with van der Waals surface area (Å²) in [5.41, 5.74) is 2.79. The van der Waals surface area contributed by atoms with Crippen molar-refractivity contribution in [2.24, 2.45) is 12.0 Å². The van der Waals surface area contributed by atoms with Crippen LogP contribution in [0, 0.1) is 6.92 Å². The van der Waals surface area contributed by atoms with E-state index in [-0.39, 0.29) is 0 Å². The third-order valence-electron chi connectivity index (χ3n) is 2.40. The SMILES string of the molecule is COc1cc(C)ccc1N=Cc1cn(C)cn1. The van der Waals surface area contributed by atoms with Crippen molar-refractivity contribution < 1.29 is 4.74 Å². The number of methoxy groups -OCH3 is 1. The zero-order valence-electron chi connectivity index (χ0n) is 10.2. The van der Waals surface area contributed by atoms with E-state index < -0.39 is 0 Å². The van der Waals surface area contributed by atoms with Crippen LogP contribution in [-0.2, 0) is 7.05 Å². The molecule has 0 aliphatic carbocycles. The van der Waals surface area contributed by atoms with Gasteiger partial charge in [-0.05, 0) is 24.6 Å². The number of hydrogen-bond donors (Lipinski definition) is 0. The first-order valence-corrected chi connectivity index (χ1v) is 5.35. The second-order valence-corrected chi connectivity index (χ2v) is 3.90. The zero-order chi connectivity index (χ0) is 12.3. The molecule has 0 saturated heterocycles. The van der Waals surface area contributed by atoms with Crippen LogP contribution in [0.15, 0.2) is 35.7 Å². The van der Waals surface area contributed by atoms with Gasteiger partial charge in [-0.15, -0.1) is 0 Å². The van der Waals surface area contributed by atoms with Crippen LogP contribution >= 0.6 is 0 Å². The molecule has 0 unspecified atom stereocenters. The van der Waals surface area contributed by atoms with E-state index in [1.807, 2.05) is 42.9 Å². The van der Waals surface area contributed by atoms with Gasteiger partial charge < -0.3 is 9.30 Å². The van der Waals surface area contributed by atoms with E-state index in [9.17, 15) is 0 Å². The van der Waals surface area contributed by atoms with Crippen LogP contribution in [-0.4, -0.2) is 22.9 Å². The summed E-state index contributed by atoms with van der Waals surface area (Å²) in [6.45, 7) is 2.02. The Kier molecular flexibility index (Phi) is 3.23. The molecule has 0 spiro atoms. The number of ether oxygens (including phenoxy) is 1. The first-order chi connectivity index (χ1) is 8.19. The highest BCUT2D eigenvalue weighted by atomic mass is 16.5. The van der Waals surface area contributed by atoms with Gasteiger partial charge in [-0.3, -0.25) is 4.99 Å². The fourth-order valence-corrected chi connectivity index (χ4v) is 1.53. The van der Waals surface area contributed by atoms with Crippen LogP contribution in [0.5, 0.6) is 5.75 Å². The van der Waals surface area contributed by atoms with Gasteiger partial charge in [0.05, 0.1) is 25.3 Å². The highest BCUT2D eigenvalue weighted by Gasteiger charge is 2.00. The molecule has 0 atom stereocenters. The molecule has 4 heteroatoms. The number of aromatic nitrogens is 2. The van der Waals surface area contributed by atoms with Crippen LogP contribution in [0.3, 0.4) is 0 Å². The lowest BCUT2D eigenvalue weighted by Crippen LogP contribution is -1.86. The Morgan fingerprint density at radius 1 is 1.41 bits per heavy atom. The highest BCUT2D eigenvalue weighted by molar-refractivity contribution is 5.80. The van der Waals surface area contributed by atoms with Crippen LogP contribution < -0.4 is 4.74 Å². The van der Waals surface area contributed by atoms with Gasteiger partial charge in [0.15, 0.2) is 0 Å². The maximum absolute atomic E-state index is 5.28. The minimum absolute atomic E-state index is 0.775. The van der Waals surface area contributed by atoms with Crippen molar-refractivity contribution in [3.05, 3.63) is 42.0 Å². The van der Waals surface area contributed by atoms with Crippen molar-refractivity contribution in [1.29, 1.82) is 0 Å². The monoisotopic (exact) mass is 229 g/mol. The molecule has 2 rings (SSSR count). The Hall–Kier alpha value is -2.10. The molecule has 88 valence electrons. The topological polar surface area (TPSA) is 39.4 Å². The van der Waals surface area contributed by atoms with E-state index in [1.165, 1.54) is 0 Å². The van der Waals surface area contributed by atoms with Gasteiger partial charge >= 0.3 is 0 Å². The van der Waals surface area contributed by atoms with E-state index >= 15 is 0 Å². The van der Waals surface area contributed by atoms with Crippen molar-refractivity contribution in [2.75, 3.05) is 7.11 Å². The first kappa shape index (κ1) is 11.4. The molecule has 2 aromatic rings. The van der Waals surface area contributed by atoms with Crippen molar-refractivity contribution in [3.8, 4) is 5.75 Å². The average Bonchev–Trinajstić information content (AvgIpc) is 2.73. The lowest BCUT2D eigenvalue weighted by molar-refractivity contribution is 0.416. The van der Waals surface area contributed by atoms with Crippen molar-refractivity contribution in [2.45, 2.75) is 6.92 Å². The fourth-order valence-electron chi connectivity index (χ4n) is 1.53. The predicted octanol–water partition coefficient (Wildman–Crippen LogP) is 2.49. The summed E-state index contributed by atoms with van der Waals surface area (Å²) < 4.78 is 7.16. The molecule has 0 bridgehead atoms. The molecular formula is C13H15N3O. The normalized spacial score (nSPS) is 11.0. The molecule has 4 nitrogen and oxygen atoms in total. The Labute approximate surface area is 101 Å². The summed E-state index contributed by atoms with van der Waals surface area (Å²) in [5, 5.41) is 0. The summed E-state index contributed by atoms with van der Waals surface area (Å²) in [5.74, 6) is 0.775. The van der Waals surface area contributed by atoms with E-state index in [0.29, 0.717) is 0 Å². The first-order valence-electron chi connectivity index (χ1n) is 5.35. The predicted molar refractivity (Wildman–Crippen MR) is 68.2 cm³/mol. The standard InChI is InChI=1S/C13H15N3O/c1-10-4-5-12(13(6-10)17-3)14-7-11-8-16(2)9-15-11/h4-9H,1-3H3. The minimum atomic E-state index is 0.775. The van der Waals surface area contributed by atoms with Crippen LogP contribution in [0.25, 0.3) is 0 Å². The van der Waals surface area contributed by atoms with Gasteiger partial charge in [0.1, 0.15) is 11.4 Å². The Morgan fingerprint density at radius 2 is 2.24 bits per heavy atom. The van der Waals surface area contributed by atoms with E-state index in [0.717, 1.165) is 22.7 Å². The summed E-state index contributed by atoms with van der Waals surface area (Å²) in [7, 11) is 3.57. The summed E-state index contributed by atoms with van der Waals surface area (Å²) in [6.07, 6.45) is 5.38. The van der Waals surface area contributed by atoms with Crippen molar-refractivity contribution >= 4 is 11.9 Å². The quantitative estimate of drug-likeness (QED) is 0.758. The Morgan fingerprint density at radius 3 is 2.88 bits per heavy atom. The van der Waals surface area contributed by atoms with Crippen LogP contribution in [0.2, 0.25) is 0 Å².